The molecule has 3 aromatic carbocycles. The second kappa shape index (κ2) is 14.2. The fourth-order valence-corrected chi connectivity index (χ4v) is 5.96. The minimum absolute atomic E-state index is 0.0696. The van der Waals surface area contributed by atoms with E-state index in [1.807, 2.05) is 45.9 Å². The van der Waals surface area contributed by atoms with Gasteiger partial charge in [-0.2, -0.15) is 0 Å². The lowest BCUT2D eigenvalue weighted by Crippen LogP contribution is -2.53. The number of nitrogens with one attached hydrogen (secondary N) is 1. The number of sulfonamides is 1. The SMILES string of the molecule is CC[C@H](C)NC(=O)[C@H](CC)N(Cc1ccc(OC)cc1)C(=O)CN(c1ccccc1C)S(=O)(=O)c1ccc(C)cc1. The van der Waals surface area contributed by atoms with Crippen LogP contribution in [0.2, 0.25) is 0 Å². The largest absolute Gasteiger partial charge is 0.497 e. The van der Waals surface area contributed by atoms with E-state index in [0.29, 0.717) is 23.4 Å². The summed E-state index contributed by atoms with van der Waals surface area (Å²) in [5.41, 5.74) is 2.83. The summed E-state index contributed by atoms with van der Waals surface area (Å²) >= 11 is 0. The number of aryl methyl sites for hydroxylation is 2. The zero-order chi connectivity index (χ0) is 30.2. The number of methoxy groups -OCH3 is 1. The fraction of sp³-hybridized carbons (Fsp3) is 0.375. The van der Waals surface area contributed by atoms with Crippen LogP contribution in [0.5, 0.6) is 5.75 Å². The lowest BCUT2D eigenvalue weighted by molar-refractivity contribution is -0.140. The highest BCUT2D eigenvalue weighted by Gasteiger charge is 2.34. The van der Waals surface area contributed by atoms with E-state index in [1.54, 1.807) is 68.6 Å². The number of carbonyl (C=O) groups excluding carboxylic acids is 2. The van der Waals surface area contributed by atoms with Crippen molar-refractivity contribution in [2.45, 2.75) is 71.0 Å². The van der Waals surface area contributed by atoms with Crippen LogP contribution in [-0.2, 0) is 26.2 Å². The third-order valence-corrected chi connectivity index (χ3v) is 8.94. The molecule has 0 bridgehead atoms. The van der Waals surface area contributed by atoms with Gasteiger partial charge in [-0.05, 0) is 75.1 Å². The van der Waals surface area contributed by atoms with E-state index in [9.17, 15) is 18.0 Å². The number of rotatable bonds is 13. The third-order valence-electron chi connectivity index (χ3n) is 7.17. The molecule has 3 aromatic rings. The van der Waals surface area contributed by atoms with Gasteiger partial charge in [-0.15, -0.1) is 0 Å². The van der Waals surface area contributed by atoms with Crippen LogP contribution in [0.3, 0.4) is 0 Å². The smallest absolute Gasteiger partial charge is 0.264 e. The molecule has 41 heavy (non-hydrogen) atoms. The van der Waals surface area contributed by atoms with Gasteiger partial charge in [0.15, 0.2) is 0 Å². The molecule has 1 N–H and O–H groups in total. The predicted octanol–water partition coefficient (Wildman–Crippen LogP) is 5.23. The zero-order valence-electron chi connectivity index (χ0n) is 24.8. The number of benzene rings is 3. The minimum atomic E-state index is -4.11. The topological polar surface area (TPSA) is 96.0 Å². The molecule has 0 aromatic heterocycles. The van der Waals surface area contributed by atoms with Gasteiger partial charge in [-0.25, -0.2) is 8.42 Å². The molecule has 9 heteroatoms. The van der Waals surface area contributed by atoms with Crippen LogP contribution in [0.25, 0.3) is 0 Å². The van der Waals surface area contributed by atoms with E-state index >= 15 is 0 Å². The summed E-state index contributed by atoms with van der Waals surface area (Å²) in [6, 6.07) is 20.0. The second-order valence-electron chi connectivity index (χ2n) is 10.2. The molecule has 0 aliphatic rings. The Hall–Kier alpha value is -3.85. The van der Waals surface area contributed by atoms with E-state index in [0.717, 1.165) is 21.9 Å². The summed E-state index contributed by atoms with van der Waals surface area (Å²) in [7, 11) is -2.54. The highest BCUT2D eigenvalue weighted by Crippen LogP contribution is 2.28. The Morgan fingerprint density at radius 2 is 1.54 bits per heavy atom. The molecule has 0 unspecified atom stereocenters. The van der Waals surface area contributed by atoms with Crippen LogP contribution in [0.4, 0.5) is 5.69 Å². The lowest BCUT2D eigenvalue weighted by atomic mass is 10.1. The molecule has 0 fully saturated rings. The van der Waals surface area contributed by atoms with Gasteiger partial charge in [0.25, 0.3) is 10.0 Å². The maximum atomic E-state index is 14.2. The van der Waals surface area contributed by atoms with Gasteiger partial charge in [0.2, 0.25) is 11.8 Å². The summed E-state index contributed by atoms with van der Waals surface area (Å²) < 4.78 is 34.4. The van der Waals surface area contributed by atoms with E-state index in [4.69, 9.17) is 4.74 Å². The van der Waals surface area contributed by atoms with Crippen LogP contribution in [-0.4, -0.2) is 50.9 Å². The van der Waals surface area contributed by atoms with Gasteiger partial charge in [0.05, 0.1) is 17.7 Å². The van der Waals surface area contributed by atoms with Crippen LogP contribution in [0, 0.1) is 13.8 Å². The molecule has 0 radical (unpaired) electrons. The van der Waals surface area contributed by atoms with Crippen LogP contribution in [0.1, 0.15) is 50.3 Å². The summed E-state index contributed by atoms with van der Waals surface area (Å²) in [5, 5.41) is 2.99. The van der Waals surface area contributed by atoms with Crippen molar-refractivity contribution in [3.8, 4) is 5.75 Å². The van der Waals surface area contributed by atoms with Crippen molar-refractivity contribution in [1.82, 2.24) is 10.2 Å². The van der Waals surface area contributed by atoms with Crippen LogP contribution in [0.15, 0.2) is 77.7 Å². The second-order valence-corrected chi connectivity index (χ2v) is 12.1. The molecule has 0 spiro atoms. The lowest BCUT2D eigenvalue weighted by Gasteiger charge is -2.34. The number of amides is 2. The van der Waals surface area contributed by atoms with Crippen molar-refractivity contribution < 1.29 is 22.7 Å². The van der Waals surface area contributed by atoms with Crippen molar-refractivity contribution in [2.24, 2.45) is 0 Å². The van der Waals surface area contributed by atoms with E-state index in [-0.39, 0.29) is 23.4 Å². The fourth-order valence-electron chi connectivity index (χ4n) is 4.48. The first-order valence-corrected chi connectivity index (χ1v) is 15.3. The highest BCUT2D eigenvalue weighted by molar-refractivity contribution is 7.92. The van der Waals surface area contributed by atoms with Gasteiger partial charge in [-0.3, -0.25) is 13.9 Å². The molecule has 2 amide bonds. The number of anilines is 1. The molecule has 8 nitrogen and oxygen atoms in total. The Morgan fingerprint density at radius 3 is 2.10 bits per heavy atom. The minimum Gasteiger partial charge on any atom is -0.497 e. The number of hydrogen-bond acceptors (Lipinski definition) is 5. The Kier molecular flexibility index (Phi) is 10.9. The van der Waals surface area contributed by atoms with E-state index in [1.165, 1.54) is 4.90 Å². The molecule has 0 saturated heterocycles. The molecule has 0 aliphatic heterocycles. The van der Waals surface area contributed by atoms with Gasteiger partial charge in [-0.1, -0.05) is 61.9 Å². The van der Waals surface area contributed by atoms with Crippen molar-refractivity contribution in [3.05, 3.63) is 89.5 Å². The normalized spacial score (nSPS) is 12.7. The van der Waals surface area contributed by atoms with Crippen molar-refractivity contribution in [1.29, 1.82) is 0 Å². The maximum absolute atomic E-state index is 14.2. The highest BCUT2D eigenvalue weighted by atomic mass is 32.2. The first-order chi connectivity index (χ1) is 19.5. The quantitative estimate of drug-likeness (QED) is 0.299. The third kappa shape index (κ3) is 7.88. The summed E-state index contributed by atoms with van der Waals surface area (Å²) in [6.07, 6.45) is 1.10. The summed E-state index contributed by atoms with van der Waals surface area (Å²) in [6.45, 7) is 9.08. The van der Waals surface area contributed by atoms with Crippen LogP contribution < -0.4 is 14.4 Å². The van der Waals surface area contributed by atoms with E-state index in [2.05, 4.69) is 5.32 Å². The van der Waals surface area contributed by atoms with Gasteiger partial charge >= 0.3 is 0 Å². The van der Waals surface area contributed by atoms with Crippen molar-refractivity contribution in [3.63, 3.8) is 0 Å². The van der Waals surface area contributed by atoms with Gasteiger partial charge in [0, 0.05) is 12.6 Å². The molecular weight excluding hydrogens is 538 g/mol. The average molecular weight is 580 g/mol. The number of nitrogens with zero attached hydrogens (tertiary/aromatic N) is 2. The first-order valence-electron chi connectivity index (χ1n) is 13.9. The average Bonchev–Trinajstić information content (AvgIpc) is 2.96. The monoisotopic (exact) mass is 579 g/mol. The first kappa shape index (κ1) is 31.7. The summed E-state index contributed by atoms with van der Waals surface area (Å²) in [5.74, 6) is -0.0819. The number of para-hydroxylation sites is 1. The number of hydrogen-bond donors (Lipinski definition) is 1. The molecule has 220 valence electrons. The zero-order valence-corrected chi connectivity index (χ0v) is 25.6. The molecular formula is C32H41N3O5S. The molecule has 0 heterocycles. The maximum Gasteiger partial charge on any atom is 0.264 e. The molecule has 2 atom stereocenters. The molecule has 0 aliphatic carbocycles. The Labute approximate surface area is 244 Å². The Bertz CT molecular complexity index is 1420. The van der Waals surface area contributed by atoms with E-state index < -0.39 is 28.5 Å². The van der Waals surface area contributed by atoms with Gasteiger partial charge < -0.3 is 15.0 Å². The van der Waals surface area contributed by atoms with Crippen LogP contribution >= 0.6 is 0 Å². The van der Waals surface area contributed by atoms with Gasteiger partial charge in [0.1, 0.15) is 18.3 Å². The van der Waals surface area contributed by atoms with Crippen molar-refractivity contribution in [2.75, 3.05) is 18.0 Å². The Morgan fingerprint density at radius 1 is 0.902 bits per heavy atom. The molecule has 0 saturated carbocycles. The summed E-state index contributed by atoms with van der Waals surface area (Å²) in [4.78, 5) is 29.1. The predicted molar refractivity (Wildman–Crippen MR) is 162 cm³/mol. The van der Waals surface area contributed by atoms with Crippen molar-refractivity contribution >= 4 is 27.5 Å². The molecule has 3 rings (SSSR count). The number of ether oxygens (including phenoxy) is 1. The standard InChI is InChI=1S/C32H41N3O5S/c1-7-25(5)33-32(37)29(8-2)34(21-26-15-17-27(40-6)18-16-26)31(36)22-35(30-12-10-9-11-24(30)4)41(38,39)28-19-13-23(3)14-20-28/h9-20,25,29H,7-8,21-22H2,1-6H3,(H,33,37)/t25-,29-/m0/s1. The number of carbonyl (C=O) groups is 2. The Balaban J connectivity index is 2.06.